The Morgan fingerprint density at radius 3 is 2.79 bits per heavy atom. The second-order valence-electron chi connectivity index (χ2n) is 4.19. The molecule has 2 aromatic rings. The molecular formula is C14H19N3O2. The van der Waals surface area contributed by atoms with Crippen LogP contribution in [0.4, 0.5) is 0 Å². The molecule has 102 valence electrons. The number of nitrogens with two attached hydrogens (primary N) is 1. The smallest absolute Gasteiger partial charge is 0.235 e. The predicted molar refractivity (Wildman–Crippen MR) is 71.8 cm³/mol. The van der Waals surface area contributed by atoms with Crippen LogP contribution in [0.15, 0.2) is 34.9 Å². The summed E-state index contributed by atoms with van der Waals surface area (Å²) >= 11 is 0. The van der Waals surface area contributed by atoms with Crippen molar-refractivity contribution >= 4 is 0 Å². The number of rotatable bonds is 7. The largest absolute Gasteiger partial charge is 0.381 e. The van der Waals surface area contributed by atoms with E-state index >= 15 is 0 Å². The second-order valence-corrected chi connectivity index (χ2v) is 4.19. The monoisotopic (exact) mass is 261 g/mol. The molecule has 0 saturated carbocycles. The highest BCUT2D eigenvalue weighted by Crippen LogP contribution is 2.21. The third-order valence-corrected chi connectivity index (χ3v) is 2.89. The maximum Gasteiger partial charge on any atom is 0.235 e. The Hall–Kier alpha value is -1.72. The zero-order valence-electron chi connectivity index (χ0n) is 11.1. The average Bonchev–Trinajstić information content (AvgIpc) is 2.90. The molecule has 0 fully saturated rings. The van der Waals surface area contributed by atoms with E-state index in [4.69, 9.17) is 15.0 Å². The van der Waals surface area contributed by atoms with Gasteiger partial charge in [0.05, 0.1) is 12.5 Å². The number of benzene rings is 1. The van der Waals surface area contributed by atoms with Crippen molar-refractivity contribution < 1.29 is 9.26 Å². The van der Waals surface area contributed by atoms with Gasteiger partial charge in [-0.2, -0.15) is 4.98 Å². The zero-order chi connectivity index (χ0) is 13.5. The Bertz CT molecular complexity index is 484. The first-order valence-corrected chi connectivity index (χ1v) is 6.50. The number of hydrogen-bond donors (Lipinski definition) is 1. The van der Waals surface area contributed by atoms with E-state index in [0.717, 1.165) is 5.56 Å². The summed E-state index contributed by atoms with van der Waals surface area (Å²) in [6.07, 6.45) is 0.656. The van der Waals surface area contributed by atoms with Gasteiger partial charge in [0.25, 0.3) is 0 Å². The molecule has 1 aromatic carbocycles. The fourth-order valence-corrected chi connectivity index (χ4v) is 1.88. The summed E-state index contributed by atoms with van der Waals surface area (Å²) in [7, 11) is 0. The fourth-order valence-electron chi connectivity index (χ4n) is 1.88. The summed E-state index contributed by atoms with van der Waals surface area (Å²) in [5.41, 5.74) is 6.90. The van der Waals surface area contributed by atoms with Crippen molar-refractivity contribution in [1.29, 1.82) is 0 Å². The SMILES string of the molecule is CCOCCc1noc(C(CN)c2ccccc2)n1. The number of hydrogen-bond acceptors (Lipinski definition) is 5. The minimum atomic E-state index is -0.0467. The van der Waals surface area contributed by atoms with Crippen molar-refractivity contribution in [1.82, 2.24) is 10.1 Å². The van der Waals surface area contributed by atoms with Gasteiger partial charge in [0.15, 0.2) is 5.82 Å². The summed E-state index contributed by atoms with van der Waals surface area (Å²) in [6.45, 7) is 3.70. The van der Waals surface area contributed by atoms with E-state index in [1.54, 1.807) is 0 Å². The van der Waals surface area contributed by atoms with Crippen LogP contribution in [-0.4, -0.2) is 29.9 Å². The first-order valence-electron chi connectivity index (χ1n) is 6.50. The van der Waals surface area contributed by atoms with Crippen molar-refractivity contribution in [3.05, 3.63) is 47.6 Å². The van der Waals surface area contributed by atoms with Crippen LogP contribution < -0.4 is 5.73 Å². The van der Waals surface area contributed by atoms with E-state index in [0.29, 0.717) is 37.9 Å². The molecule has 0 amide bonds. The second kappa shape index (κ2) is 7.01. The molecule has 2 rings (SSSR count). The van der Waals surface area contributed by atoms with Gasteiger partial charge in [0.2, 0.25) is 5.89 Å². The lowest BCUT2D eigenvalue weighted by Gasteiger charge is -2.09. The number of nitrogens with zero attached hydrogens (tertiary/aromatic N) is 2. The highest BCUT2D eigenvalue weighted by atomic mass is 16.5. The quantitative estimate of drug-likeness (QED) is 0.768. The molecule has 1 atom stereocenters. The van der Waals surface area contributed by atoms with E-state index < -0.39 is 0 Å². The number of aromatic nitrogens is 2. The van der Waals surface area contributed by atoms with Gasteiger partial charge < -0.3 is 15.0 Å². The first kappa shape index (κ1) is 13.7. The Balaban J connectivity index is 2.07. The third kappa shape index (κ3) is 3.62. The van der Waals surface area contributed by atoms with Crippen molar-refractivity contribution in [2.24, 2.45) is 5.73 Å². The Kier molecular flexibility index (Phi) is 5.06. The van der Waals surface area contributed by atoms with Crippen LogP contribution in [0, 0.1) is 0 Å². The van der Waals surface area contributed by atoms with E-state index in [9.17, 15) is 0 Å². The zero-order valence-corrected chi connectivity index (χ0v) is 11.1. The lowest BCUT2D eigenvalue weighted by molar-refractivity contribution is 0.149. The van der Waals surface area contributed by atoms with Gasteiger partial charge in [-0.05, 0) is 12.5 Å². The van der Waals surface area contributed by atoms with E-state index in [1.165, 1.54) is 0 Å². The van der Waals surface area contributed by atoms with Crippen LogP contribution in [0.5, 0.6) is 0 Å². The summed E-state index contributed by atoms with van der Waals surface area (Å²) in [6, 6.07) is 9.95. The van der Waals surface area contributed by atoms with Crippen LogP contribution in [0.3, 0.4) is 0 Å². The summed E-state index contributed by atoms with van der Waals surface area (Å²) in [5, 5.41) is 3.96. The molecule has 5 heteroatoms. The van der Waals surface area contributed by atoms with Crippen molar-refractivity contribution in [3.63, 3.8) is 0 Å². The molecule has 0 saturated heterocycles. The minimum absolute atomic E-state index is 0.0467. The molecule has 2 N–H and O–H groups in total. The van der Waals surface area contributed by atoms with Gasteiger partial charge in [-0.1, -0.05) is 35.5 Å². The van der Waals surface area contributed by atoms with E-state index in [2.05, 4.69) is 10.1 Å². The van der Waals surface area contributed by atoms with Crippen LogP contribution in [0.2, 0.25) is 0 Å². The van der Waals surface area contributed by atoms with E-state index in [1.807, 2.05) is 37.3 Å². The maximum absolute atomic E-state index is 5.82. The van der Waals surface area contributed by atoms with Crippen LogP contribution >= 0.6 is 0 Å². The summed E-state index contributed by atoms with van der Waals surface area (Å²) < 4.78 is 10.6. The average molecular weight is 261 g/mol. The lowest BCUT2D eigenvalue weighted by Crippen LogP contribution is -2.14. The lowest BCUT2D eigenvalue weighted by atomic mass is 9.99. The van der Waals surface area contributed by atoms with Crippen LogP contribution in [0.1, 0.15) is 30.1 Å². The molecule has 0 aliphatic carbocycles. The highest BCUT2D eigenvalue weighted by molar-refractivity contribution is 5.24. The number of ether oxygens (including phenoxy) is 1. The molecule has 1 unspecified atom stereocenters. The van der Waals surface area contributed by atoms with Crippen LogP contribution in [0.25, 0.3) is 0 Å². The molecule has 0 bridgehead atoms. The standard InChI is InChI=1S/C14H19N3O2/c1-2-18-9-8-13-16-14(19-17-13)12(10-15)11-6-4-3-5-7-11/h3-7,12H,2,8-10,15H2,1H3. The summed E-state index contributed by atoms with van der Waals surface area (Å²) in [5.74, 6) is 1.19. The normalized spacial score (nSPS) is 12.5. The van der Waals surface area contributed by atoms with Gasteiger partial charge in [0, 0.05) is 19.6 Å². The topological polar surface area (TPSA) is 74.2 Å². The molecule has 0 aliphatic heterocycles. The molecule has 5 nitrogen and oxygen atoms in total. The van der Waals surface area contributed by atoms with Crippen molar-refractivity contribution in [3.8, 4) is 0 Å². The Labute approximate surface area is 112 Å². The minimum Gasteiger partial charge on any atom is -0.381 e. The molecule has 1 aromatic heterocycles. The van der Waals surface area contributed by atoms with Gasteiger partial charge >= 0.3 is 0 Å². The predicted octanol–water partition coefficient (Wildman–Crippen LogP) is 1.74. The first-order chi connectivity index (χ1) is 9.35. The van der Waals surface area contributed by atoms with Gasteiger partial charge in [-0.25, -0.2) is 0 Å². The molecule has 0 radical (unpaired) electrons. The van der Waals surface area contributed by atoms with Gasteiger partial charge in [-0.15, -0.1) is 0 Å². The molecule has 0 aliphatic rings. The molecule has 19 heavy (non-hydrogen) atoms. The fraction of sp³-hybridized carbons (Fsp3) is 0.429. The third-order valence-electron chi connectivity index (χ3n) is 2.89. The van der Waals surface area contributed by atoms with Crippen molar-refractivity contribution in [2.45, 2.75) is 19.3 Å². The van der Waals surface area contributed by atoms with Crippen molar-refractivity contribution in [2.75, 3.05) is 19.8 Å². The Morgan fingerprint density at radius 1 is 1.32 bits per heavy atom. The van der Waals surface area contributed by atoms with Crippen LogP contribution in [-0.2, 0) is 11.2 Å². The molecular weight excluding hydrogens is 242 g/mol. The molecule has 0 spiro atoms. The highest BCUT2D eigenvalue weighted by Gasteiger charge is 2.19. The molecule has 1 heterocycles. The Morgan fingerprint density at radius 2 is 2.11 bits per heavy atom. The maximum atomic E-state index is 5.82. The summed E-state index contributed by atoms with van der Waals surface area (Å²) in [4.78, 5) is 4.39. The van der Waals surface area contributed by atoms with Gasteiger partial charge in [-0.3, -0.25) is 0 Å². The van der Waals surface area contributed by atoms with E-state index in [-0.39, 0.29) is 5.92 Å². The van der Waals surface area contributed by atoms with Gasteiger partial charge in [0.1, 0.15) is 0 Å².